The minimum absolute atomic E-state index is 0.324. The van der Waals surface area contributed by atoms with Crippen LogP contribution in [0.4, 0.5) is 0 Å². The van der Waals surface area contributed by atoms with E-state index in [9.17, 15) is 9.00 Å². The lowest BCUT2D eigenvalue weighted by atomic mass is 10.5. The number of carbonyl (C=O) groups excluding carboxylic acids is 1. The molecule has 3 nitrogen and oxygen atoms in total. The van der Waals surface area contributed by atoms with Crippen LogP contribution in [0.25, 0.3) is 0 Å². The van der Waals surface area contributed by atoms with E-state index in [0.717, 1.165) is 0 Å². The van der Waals surface area contributed by atoms with Crippen LogP contribution >= 0.6 is 11.3 Å². The number of hydrogen-bond acceptors (Lipinski definition) is 4. The first kappa shape index (κ1) is 11.4. The van der Waals surface area contributed by atoms with Crippen LogP contribution < -0.4 is 0 Å². The lowest BCUT2D eigenvalue weighted by Crippen LogP contribution is -2.24. The Hall–Kier alpha value is -0.680. The highest BCUT2D eigenvalue weighted by atomic mass is 32.2. The number of ether oxygens (including phenoxy) is 1. The van der Waals surface area contributed by atoms with Gasteiger partial charge in [0.15, 0.2) is 0 Å². The third-order valence-corrected chi connectivity index (χ3v) is 4.44. The van der Waals surface area contributed by atoms with Crippen molar-refractivity contribution in [3.8, 4) is 0 Å². The molecule has 0 N–H and O–H groups in total. The number of rotatable bonds is 4. The fraction of sp³-hybridized carbons (Fsp3) is 0.444. The standard InChI is InChI=1S/C9H12O3S2/c1-3-12-9(10)7(2)14(11)8-5-4-6-13-8/h4-7H,3H2,1-2H3. The third-order valence-electron chi connectivity index (χ3n) is 1.63. The highest BCUT2D eigenvalue weighted by Gasteiger charge is 2.22. The predicted octanol–water partition coefficient (Wildman–Crippen LogP) is 1.81. The van der Waals surface area contributed by atoms with Crippen molar-refractivity contribution >= 4 is 28.1 Å². The fourth-order valence-electron chi connectivity index (χ4n) is 0.899. The maximum atomic E-state index is 11.7. The van der Waals surface area contributed by atoms with E-state index in [1.165, 1.54) is 11.3 Å². The van der Waals surface area contributed by atoms with E-state index >= 15 is 0 Å². The summed E-state index contributed by atoms with van der Waals surface area (Å²) in [7, 11) is -1.28. The maximum absolute atomic E-state index is 11.7. The second-order valence-electron chi connectivity index (χ2n) is 2.62. The molecule has 1 rings (SSSR count). The second-order valence-corrected chi connectivity index (χ2v) is 5.57. The van der Waals surface area contributed by atoms with Gasteiger partial charge in [-0.2, -0.15) is 0 Å². The van der Waals surface area contributed by atoms with Crippen molar-refractivity contribution in [3.63, 3.8) is 0 Å². The Labute approximate surface area is 89.5 Å². The lowest BCUT2D eigenvalue weighted by molar-refractivity contribution is -0.142. The summed E-state index contributed by atoms with van der Waals surface area (Å²) in [6.07, 6.45) is 0. The first-order chi connectivity index (χ1) is 6.66. The van der Waals surface area contributed by atoms with Crippen LogP contribution in [0.3, 0.4) is 0 Å². The van der Waals surface area contributed by atoms with Crippen LogP contribution in [-0.2, 0) is 20.3 Å². The number of esters is 1. The Morgan fingerprint density at radius 2 is 2.43 bits per heavy atom. The van der Waals surface area contributed by atoms with Crippen molar-refractivity contribution in [2.24, 2.45) is 0 Å². The lowest BCUT2D eigenvalue weighted by Gasteiger charge is -2.08. The van der Waals surface area contributed by atoms with Gasteiger partial charge in [-0.1, -0.05) is 6.07 Å². The number of hydrogen-bond donors (Lipinski definition) is 0. The van der Waals surface area contributed by atoms with Crippen molar-refractivity contribution in [1.82, 2.24) is 0 Å². The Bertz CT molecular complexity index is 319. The van der Waals surface area contributed by atoms with E-state index < -0.39 is 22.0 Å². The molecule has 2 atom stereocenters. The van der Waals surface area contributed by atoms with E-state index in [1.54, 1.807) is 19.9 Å². The smallest absolute Gasteiger partial charge is 0.321 e. The summed E-state index contributed by atoms with van der Waals surface area (Å²) >= 11 is 1.39. The molecule has 0 saturated heterocycles. The predicted molar refractivity (Wildman–Crippen MR) is 56.8 cm³/mol. The monoisotopic (exact) mass is 232 g/mol. The SMILES string of the molecule is CCOC(=O)C(C)S(=O)c1cccs1. The van der Waals surface area contributed by atoms with Crippen LogP contribution in [0.15, 0.2) is 21.7 Å². The van der Waals surface area contributed by atoms with Crippen molar-refractivity contribution in [2.45, 2.75) is 23.3 Å². The van der Waals surface area contributed by atoms with E-state index in [4.69, 9.17) is 4.74 Å². The van der Waals surface area contributed by atoms with E-state index in [0.29, 0.717) is 10.8 Å². The van der Waals surface area contributed by atoms with Gasteiger partial charge in [0, 0.05) is 0 Å². The summed E-state index contributed by atoms with van der Waals surface area (Å²) in [5, 5.41) is 1.25. The average molecular weight is 232 g/mol. The molecule has 0 spiro atoms. The molecule has 5 heteroatoms. The summed E-state index contributed by atoms with van der Waals surface area (Å²) in [5.74, 6) is -0.403. The Balaban J connectivity index is 2.66. The molecule has 0 aliphatic heterocycles. The fourth-order valence-corrected chi connectivity index (χ4v) is 3.13. The summed E-state index contributed by atoms with van der Waals surface area (Å²) in [6.45, 7) is 3.68. The summed E-state index contributed by atoms with van der Waals surface area (Å²) < 4.78 is 17.3. The van der Waals surface area contributed by atoms with Gasteiger partial charge in [0.05, 0.1) is 21.6 Å². The molecule has 14 heavy (non-hydrogen) atoms. The van der Waals surface area contributed by atoms with Crippen molar-refractivity contribution in [2.75, 3.05) is 6.61 Å². The minimum atomic E-state index is -1.28. The largest absolute Gasteiger partial charge is 0.465 e. The zero-order valence-electron chi connectivity index (χ0n) is 8.06. The van der Waals surface area contributed by atoms with Gasteiger partial charge >= 0.3 is 5.97 Å². The Morgan fingerprint density at radius 3 is 2.93 bits per heavy atom. The number of thiophene rings is 1. The molecule has 0 aliphatic rings. The molecule has 0 aliphatic carbocycles. The zero-order chi connectivity index (χ0) is 10.6. The van der Waals surface area contributed by atoms with Crippen LogP contribution in [-0.4, -0.2) is 22.0 Å². The van der Waals surface area contributed by atoms with Crippen LogP contribution in [0.5, 0.6) is 0 Å². The van der Waals surface area contributed by atoms with Gasteiger partial charge in [-0.05, 0) is 25.3 Å². The molecule has 0 saturated carbocycles. The first-order valence-electron chi connectivity index (χ1n) is 4.27. The van der Waals surface area contributed by atoms with Crippen LogP contribution in [0, 0.1) is 0 Å². The molecule has 0 radical (unpaired) electrons. The average Bonchev–Trinajstić information content (AvgIpc) is 2.68. The molecule has 0 amide bonds. The highest BCUT2D eigenvalue weighted by Crippen LogP contribution is 2.17. The van der Waals surface area contributed by atoms with E-state index in [1.807, 2.05) is 11.4 Å². The summed E-state index contributed by atoms with van der Waals surface area (Å²) in [6, 6.07) is 3.58. The maximum Gasteiger partial charge on any atom is 0.321 e. The Kier molecular flexibility index (Phi) is 4.28. The highest BCUT2D eigenvalue weighted by molar-refractivity contribution is 7.88. The van der Waals surface area contributed by atoms with E-state index in [2.05, 4.69) is 0 Å². The third kappa shape index (κ3) is 2.65. The van der Waals surface area contributed by atoms with Gasteiger partial charge < -0.3 is 4.74 Å². The van der Waals surface area contributed by atoms with Gasteiger partial charge in [0.1, 0.15) is 5.25 Å². The second kappa shape index (κ2) is 5.26. The van der Waals surface area contributed by atoms with Crippen molar-refractivity contribution < 1.29 is 13.7 Å². The normalized spacial score (nSPS) is 14.7. The van der Waals surface area contributed by atoms with Gasteiger partial charge in [-0.3, -0.25) is 9.00 Å². The van der Waals surface area contributed by atoms with Crippen molar-refractivity contribution in [1.29, 1.82) is 0 Å². The zero-order valence-corrected chi connectivity index (χ0v) is 9.69. The molecule has 1 heterocycles. The van der Waals surface area contributed by atoms with E-state index in [-0.39, 0.29) is 0 Å². The molecule has 1 aromatic rings. The molecule has 0 aromatic carbocycles. The number of carbonyl (C=O) groups is 1. The van der Waals surface area contributed by atoms with Crippen LogP contribution in [0.2, 0.25) is 0 Å². The molecule has 0 fully saturated rings. The molecule has 2 unspecified atom stereocenters. The van der Waals surface area contributed by atoms with Gasteiger partial charge in [-0.25, -0.2) is 0 Å². The molecule has 1 aromatic heterocycles. The minimum Gasteiger partial charge on any atom is -0.465 e. The Morgan fingerprint density at radius 1 is 1.71 bits per heavy atom. The molecular weight excluding hydrogens is 220 g/mol. The van der Waals surface area contributed by atoms with Gasteiger partial charge in [0.25, 0.3) is 0 Å². The summed E-state index contributed by atoms with van der Waals surface area (Å²) in [4.78, 5) is 11.3. The van der Waals surface area contributed by atoms with Gasteiger partial charge in [0.2, 0.25) is 0 Å². The summed E-state index contributed by atoms with van der Waals surface area (Å²) in [5.41, 5.74) is 0. The first-order valence-corrected chi connectivity index (χ1v) is 6.36. The molecular formula is C9H12O3S2. The molecule has 0 bridgehead atoms. The van der Waals surface area contributed by atoms with Gasteiger partial charge in [-0.15, -0.1) is 11.3 Å². The molecule has 78 valence electrons. The van der Waals surface area contributed by atoms with Crippen LogP contribution in [0.1, 0.15) is 13.8 Å². The quantitative estimate of drug-likeness (QED) is 0.744. The topological polar surface area (TPSA) is 43.4 Å². The van der Waals surface area contributed by atoms with Crippen molar-refractivity contribution in [3.05, 3.63) is 17.5 Å².